The Hall–Kier alpha value is -1.81. The molecule has 1 aromatic heterocycles. The lowest BCUT2D eigenvalue weighted by atomic mass is 10.2. The second kappa shape index (κ2) is 5.89. The molecule has 2 N–H and O–H groups in total. The van der Waals surface area contributed by atoms with Crippen LogP contribution >= 0.6 is 0 Å². The Balaban J connectivity index is 1.59. The Labute approximate surface area is 113 Å². The molecule has 0 radical (unpaired) electrons. The van der Waals surface area contributed by atoms with Gasteiger partial charge in [-0.2, -0.15) is 5.10 Å². The first-order valence-corrected chi connectivity index (χ1v) is 6.93. The second-order valence-corrected chi connectivity index (χ2v) is 5.12. The van der Waals surface area contributed by atoms with Crippen LogP contribution in [0.1, 0.15) is 24.1 Å². The highest BCUT2D eigenvalue weighted by Gasteiger charge is 2.11. The maximum Gasteiger partial charge on any atom is 0.0567 e. The number of anilines is 1. The monoisotopic (exact) mass is 256 g/mol. The van der Waals surface area contributed by atoms with Gasteiger partial charge in [-0.05, 0) is 49.7 Å². The molecule has 4 nitrogen and oxygen atoms in total. The highest BCUT2D eigenvalue weighted by molar-refractivity contribution is 5.45. The van der Waals surface area contributed by atoms with E-state index in [0.717, 1.165) is 18.8 Å². The highest BCUT2D eigenvalue weighted by Crippen LogP contribution is 2.16. The van der Waals surface area contributed by atoms with E-state index in [0.29, 0.717) is 0 Å². The van der Waals surface area contributed by atoms with Gasteiger partial charge in [0.15, 0.2) is 0 Å². The molecule has 1 aliphatic rings. The molecule has 1 aromatic carbocycles. The van der Waals surface area contributed by atoms with E-state index >= 15 is 0 Å². The predicted molar refractivity (Wildman–Crippen MR) is 76.9 cm³/mol. The Kier molecular flexibility index (Phi) is 3.79. The van der Waals surface area contributed by atoms with Crippen LogP contribution in [0.5, 0.6) is 0 Å². The number of hydrogen-bond acceptors (Lipinski definition) is 3. The molecule has 1 aliphatic heterocycles. The molecule has 1 fully saturated rings. The van der Waals surface area contributed by atoms with E-state index in [9.17, 15) is 0 Å². The van der Waals surface area contributed by atoms with Gasteiger partial charge < -0.3 is 5.32 Å². The fourth-order valence-corrected chi connectivity index (χ4v) is 2.56. The number of likely N-dealkylation sites (tertiary alicyclic amines) is 1. The van der Waals surface area contributed by atoms with Crippen LogP contribution in [0.4, 0.5) is 5.69 Å². The van der Waals surface area contributed by atoms with Crippen LogP contribution in [0.3, 0.4) is 0 Å². The minimum Gasteiger partial charge on any atom is -0.379 e. The number of H-pyrrole nitrogens is 1. The normalized spacial score (nSPS) is 15.8. The van der Waals surface area contributed by atoms with Crippen molar-refractivity contribution in [1.82, 2.24) is 15.1 Å². The molecule has 0 saturated carbocycles. The zero-order chi connectivity index (χ0) is 12.9. The van der Waals surface area contributed by atoms with Gasteiger partial charge in [-0.15, -0.1) is 0 Å². The molecule has 2 aromatic rings. The van der Waals surface area contributed by atoms with Crippen molar-refractivity contribution in [3.63, 3.8) is 0 Å². The Morgan fingerprint density at radius 2 is 2.11 bits per heavy atom. The fourth-order valence-electron chi connectivity index (χ4n) is 2.56. The predicted octanol–water partition coefficient (Wildman–Crippen LogP) is 2.62. The van der Waals surface area contributed by atoms with E-state index in [1.165, 1.54) is 37.2 Å². The van der Waals surface area contributed by atoms with Crippen molar-refractivity contribution >= 4 is 5.69 Å². The van der Waals surface area contributed by atoms with Crippen molar-refractivity contribution in [2.75, 3.05) is 18.4 Å². The van der Waals surface area contributed by atoms with Gasteiger partial charge in [0.2, 0.25) is 0 Å². The van der Waals surface area contributed by atoms with Crippen LogP contribution in [0.15, 0.2) is 36.5 Å². The lowest BCUT2D eigenvalue weighted by Gasteiger charge is -2.15. The van der Waals surface area contributed by atoms with Crippen LogP contribution in [0, 0.1) is 0 Å². The molecule has 3 rings (SSSR count). The van der Waals surface area contributed by atoms with Gasteiger partial charge in [0.25, 0.3) is 0 Å². The standard InChI is InChI=1S/C15H20N4/c1-2-9-19(8-1)12-13-4-3-5-14(10-13)16-11-15-6-7-17-18-15/h3-7,10,16H,1-2,8-9,11-12H2,(H,17,18). The van der Waals surface area contributed by atoms with E-state index in [2.05, 4.69) is 44.7 Å². The van der Waals surface area contributed by atoms with Gasteiger partial charge in [-0.1, -0.05) is 12.1 Å². The van der Waals surface area contributed by atoms with Crippen molar-refractivity contribution in [2.45, 2.75) is 25.9 Å². The zero-order valence-electron chi connectivity index (χ0n) is 11.1. The molecule has 0 bridgehead atoms. The van der Waals surface area contributed by atoms with Gasteiger partial charge in [0.1, 0.15) is 0 Å². The number of benzene rings is 1. The van der Waals surface area contributed by atoms with Crippen LogP contribution in [-0.2, 0) is 13.1 Å². The molecule has 19 heavy (non-hydrogen) atoms. The van der Waals surface area contributed by atoms with Gasteiger partial charge >= 0.3 is 0 Å². The summed E-state index contributed by atoms with van der Waals surface area (Å²) in [4.78, 5) is 2.52. The first-order valence-electron chi connectivity index (χ1n) is 6.93. The summed E-state index contributed by atoms with van der Waals surface area (Å²) in [6, 6.07) is 10.7. The van der Waals surface area contributed by atoms with E-state index in [-0.39, 0.29) is 0 Å². The average Bonchev–Trinajstić information content (AvgIpc) is 3.10. The van der Waals surface area contributed by atoms with Gasteiger partial charge in [-0.25, -0.2) is 0 Å². The number of nitrogens with zero attached hydrogens (tertiary/aromatic N) is 2. The summed E-state index contributed by atoms with van der Waals surface area (Å²) in [6.07, 6.45) is 4.47. The summed E-state index contributed by atoms with van der Waals surface area (Å²) in [7, 11) is 0. The zero-order valence-corrected chi connectivity index (χ0v) is 11.1. The minimum atomic E-state index is 0.785. The molecule has 0 spiro atoms. The molecule has 4 heteroatoms. The van der Waals surface area contributed by atoms with Crippen molar-refractivity contribution in [3.8, 4) is 0 Å². The fraction of sp³-hybridized carbons (Fsp3) is 0.400. The molecule has 0 atom stereocenters. The Morgan fingerprint density at radius 3 is 2.89 bits per heavy atom. The summed E-state index contributed by atoms with van der Waals surface area (Å²) in [5, 5.41) is 10.3. The molecule has 1 saturated heterocycles. The van der Waals surface area contributed by atoms with Crippen molar-refractivity contribution in [3.05, 3.63) is 47.8 Å². The summed E-state index contributed by atoms with van der Waals surface area (Å²) in [6.45, 7) is 4.34. The number of rotatable bonds is 5. The van der Waals surface area contributed by atoms with E-state index in [1.54, 1.807) is 6.20 Å². The van der Waals surface area contributed by atoms with E-state index < -0.39 is 0 Å². The van der Waals surface area contributed by atoms with E-state index in [1.807, 2.05) is 6.07 Å². The summed E-state index contributed by atoms with van der Waals surface area (Å²) in [5.74, 6) is 0. The number of hydrogen-bond donors (Lipinski definition) is 2. The highest BCUT2D eigenvalue weighted by atomic mass is 15.1. The van der Waals surface area contributed by atoms with Crippen molar-refractivity contribution in [1.29, 1.82) is 0 Å². The van der Waals surface area contributed by atoms with Crippen molar-refractivity contribution < 1.29 is 0 Å². The molecule has 2 heterocycles. The molecule has 100 valence electrons. The Morgan fingerprint density at radius 1 is 1.21 bits per heavy atom. The first-order chi connectivity index (χ1) is 9.40. The lowest BCUT2D eigenvalue weighted by molar-refractivity contribution is 0.331. The second-order valence-electron chi connectivity index (χ2n) is 5.12. The molecule has 0 amide bonds. The molecular weight excluding hydrogens is 236 g/mol. The maximum absolute atomic E-state index is 3.95. The van der Waals surface area contributed by atoms with Crippen LogP contribution in [0.2, 0.25) is 0 Å². The summed E-state index contributed by atoms with van der Waals surface area (Å²) < 4.78 is 0. The van der Waals surface area contributed by atoms with Gasteiger partial charge in [0, 0.05) is 18.4 Å². The first kappa shape index (κ1) is 12.2. The summed E-state index contributed by atoms with van der Waals surface area (Å²) >= 11 is 0. The average molecular weight is 256 g/mol. The smallest absolute Gasteiger partial charge is 0.0567 e. The van der Waals surface area contributed by atoms with Crippen molar-refractivity contribution in [2.24, 2.45) is 0 Å². The molecule has 0 aliphatic carbocycles. The van der Waals surface area contributed by atoms with Crippen LogP contribution in [0.25, 0.3) is 0 Å². The molecular formula is C15H20N4. The number of nitrogens with one attached hydrogen (secondary N) is 2. The number of aromatic nitrogens is 2. The lowest BCUT2D eigenvalue weighted by Crippen LogP contribution is -2.18. The maximum atomic E-state index is 3.95. The van der Waals surface area contributed by atoms with Crippen LogP contribution < -0.4 is 5.32 Å². The molecule has 0 unspecified atom stereocenters. The summed E-state index contributed by atoms with van der Waals surface area (Å²) in [5.41, 5.74) is 3.66. The van der Waals surface area contributed by atoms with Gasteiger partial charge in [-0.3, -0.25) is 10.00 Å². The van der Waals surface area contributed by atoms with E-state index in [4.69, 9.17) is 0 Å². The largest absolute Gasteiger partial charge is 0.379 e. The quantitative estimate of drug-likeness (QED) is 0.864. The third kappa shape index (κ3) is 3.35. The minimum absolute atomic E-state index is 0.785. The third-order valence-corrected chi connectivity index (χ3v) is 3.57. The van der Waals surface area contributed by atoms with Gasteiger partial charge in [0.05, 0.1) is 12.2 Å². The topological polar surface area (TPSA) is 44.0 Å². The number of aromatic amines is 1. The van der Waals surface area contributed by atoms with Crippen LogP contribution in [-0.4, -0.2) is 28.2 Å². The SMILES string of the molecule is c1cc(CN2CCCC2)cc(NCc2ccn[nH]2)c1. The Bertz CT molecular complexity index is 501. The third-order valence-electron chi connectivity index (χ3n) is 3.57.